The maximum Gasteiger partial charge on any atom is 0.258 e. The van der Waals surface area contributed by atoms with Gasteiger partial charge in [-0.05, 0) is 12.3 Å². The third-order valence-electron chi connectivity index (χ3n) is 3.29. The summed E-state index contributed by atoms with van der Waals surface area (Å²) in [6.07, 6.45) is 4.03. The molecule has 0 spiro atoms. The van der Waals surface area contributed by atoms with E-state index in [0.717, 1.165) is 0 Å². The van der Waals surface area contributed by atoms with Crippen molar-refractivity contribution in [3.05, 3.63) is 24.2 Å². The number of nitrogens with one attached hydrogen (secondary N) is 2. The molecular formula is C13H22N6O2S. The molecule has 9 heteroatoms. The molecule has 2 heterocycles. The van der Waals surface area contributed by atoms with Crippen LogP contribution in [0.25, 0.3) is 0 Å². The van der Waals surface area contributed by atoms with Crippen molar-refractivity contribution in [2.45, 2.75) is 44.7 Å². The van der Waals surface area contributed by atoms with Gasteiger partial charge in [0.15, 0.2) is 5.03 Å². The standard InChI is InChI=1S/C13H22N6O2S/c1-5-11-14-7-12(17-11)22(20,21)18-10(6-9(2)3)13-15-8-16-19(13)4/h7-10,18H,5-6H2,1-4H3,(H,14,17)/t10-/m0/s1. The summed E-state index contributed by atoms with van der Waals surface area (Å²) in [7, 11) is -1.94. The van der Waals surface area contributed by atoms with Crippen molar-refractivity contribution in [3.8, 4) is 0 Å². The Labute approximate surface area is 130 Å². The van der Waals surface area contributed by atoms with Gasteiger partial charge < -0.3 is 4.98 Å². The first kappa shape index (κ1) is 16.6. The highest BCUT2D eigenvalue weighted by molar-refractivity contribution is 7.89. The Bertz CT molecular complexity index is 718. The lowest BCUT2D eigenvalue weighted by Crippen LogP contribution is -2.31. The fraction of sp³-hybridized carbons (Fsp3) is 0.615. The number of H-pyrrole nitrogens is 1. The molecule has 0 aliphatic heterocycles. The minimum absolute atomic E-state index is 0.0697. The number of hydrogen-bond donors (Lipinski definition) is 2. The lowest BCUT2D eigenvalue weighted by molar-refractivity contribution is 0.443. The SMILES string of the molecule is CCc1ncc(S(=O)(=O)N[C@@H](CC(C)C)c2ncnn2C)[nH]1. The normalized spacial score (nSPS) is 13.7. The van der Waals surface area contributed by atoms with Crippen molar-refractivity contribution >= 4 is 10.0 Å². The van der Waals surface area contributed by atoms with Crippen LogP contribution in [-0.2, 0) is 23.5 Å². The zero-order valence-electron chi connectivity index (χ0n) is 13.2. The average Bonchev–Trinajstić information content (AvgIpc) is 3.05. The monoisotopic (exact) mass is 326 g/mol. The molecule has 2 N–H and O–H groups in total. The highest BCUT2D eigenvalue weighted by Crippen LogP contribution is 2.21. The predicted molar refractivity (Wildman–Crippen MR) is 81.5 cm³/mol. The van der Waals surface area contributed by atoms with Crippen LogP contribution in [-0.4, -0.2) is 33.2 Å². The van der Waals surface area contributed by atoms with Gasteiger partial charge >= 0.3 is 0 Å². The maximum atomic E-state index is 12.5. The molecule has 2 aromatic rings. The smallest absolute Gasteiger partial charge is 0.258 e. The van der Waals surface area contributed by atoms with Crippen LogP contribution in [0.4, 0.5) is 0 Å². The van der Waals surface area contributed by atoms with E-state index in [0.29, 0.717) is 30.4 Å². The van der Waals surface area contributed by atoms with Gasteiger partial charge in [-0.15, -0.1) is 0 Å². The summed E-state index contributed by atoms with van der Waals surface area (Å²) < 4.78 is 29.3. The van der Waals surface area contributed by atoms with E-state index >= 15 is 0 Å². The first-order valence-electron chi connectivity index (χ1n) is 7.23. The summed E-state index contributed by atoms with van der Waals surface area (Å²) in [6, 6.07) is -0.439. The van der Waals surface area contributed by atoms with Crippen molar-refractivity contribution < 1.29 is 8.42 Å². The molecule has 2 aromatic heterocycles. The van der Waals surface area contributed by atoms with Crippen molar-refractivity contribution in [3.63, 3.8) is 0 Å². The van der Waals surface area contributed by atoms with Gasteiger partial charge in [0, 0.05) is 13.5 Å². The van der Waals surface area contributed by atoms with E-state index in [9.17, 15) is 8.42 Å². The summed E-state index contributed by atoms with van der Waals surface area (Å²) in [5.41, 5.74) is 0. The zero-order valence-corrected chi connectivity index (χ0v) is 14.1. The van der Waals surface area contributed by atoms with E-state index in [1.165, 1.54) is 12.5 Å². The van der Waals surface area contributed by atoms with Crippen LogP contribution in [0.2, 0.25) is 0 Å². The number of aryl methyl sites for hydroxylation is 2. The van der Waals surface area contributed by atoms with Gasteiger partial charge in [-0.25, -0.2) is 18.4 Å². The minimum atomic E-state index is -3.69. The Morgan fingerprint density at radius 3 is 2.59 bits per heavy atom. The van der Waals surface area contributed by atoms with E-state index in [-0.39, 0.29) is 5.03 Å². The fourth-order valence-electron chi connectivity index (χ4n) is 2.21. The summed E-state index contributed by atoms with van der Waals surface area (Å²) in [4.78, 5) is 11.0. The highest BCUT2D eigenvalue weighted by atomic mass is 32.2. The van der Waals surface area contributed by atoms with Crippen LogP contribution in [0.1, 0.15) is 44.9 Å². The molecule has 0 radical (unpaired) electrons. The van der Waals surface area contributed by atoms with Crippen LogP contribution < -0.4 is 4.72 Å². The second-order valence-electron chi connectivity index (χ2n) is 5.59. The quantitative estimate of drug-likeness (QED) is 0.794. The molecule has 0 saturated carbocycles. The molecular weight excluding hydrogens is 304 g/mol. The maximum absolute atomic E-state index is 12.5. The van der Waals surface area contributed by atoms with Crippen LogP contribution in [0.15, 0.2) is 17.6 Å². The molecule has 0 aromatic carbocycles. The van der Waals surface area contributed by atoms with Crippen molar-refractivity contribution in [1.82, 2.24) is 29.5 Å². The summed E-state index contributed by atoms with van der Waals surface area (Å²) >= 11 is 0. The van der Waals surface area contributed by atoms with Gasteiger partial charge in [-0.3, -0.25) is 4.68 Å². The predicted octanol–water partition coefficient (Wildman–Crippen LogP) is 1.17. The Morgan fingerprint density at radius 2 is 2.09 bits per heavy atom. The number of sulfonamides is 1. The van der Waals surface area contributed by atoms with E-state index in [4.69, 9.17) is 0 Å². The Kier molecular flexibility index (Phi) is 4.97. The second-order valence-corrected chi connectivity index (χ2v) is 7.28. The van der Waals surface area contributed by atoms with E-state index in [1.807, 2.05) is 20.8 Å². The van der Waals surface area contributed by atoms with E-state index < -0.39 is 16.1 Å². The topological polar surface area (TPSA) is 106 Å². The molecule has 8 nitrogen and oxygen atoms in total. The third kappa shape index (κ3) is 3.72. The molecule has 0 fully saturated rings. The molecule has 0 unspecified atom stereocenters. The largest absolute Gasteiger partial charge is 0.332 e. The van der Waals surface area contributed by atoms with Gasteiger partial charge in [-0.1, -0.05) is 20.8 Å². The molecule has 122 valence electrons. The summed E-state index contributed by atoms with van der Waals surface area (Å²) in [6.45, 7) is 5.97. The number of aromatic amines is 1. The fourth-order valence-corrected chi connectivity index (χ4v) is 3.36. The summed E-state index contributed by atoms with van der Waals surface area (Å²) in [5.74, 6) is 1.53. The van der Waals surface area contributed by atoms with Gasteiger partial charge in [-0.2, -0.15) is 9.82 Å². The molecule has 0 amide bonds. The molecule has 0 aliphatic rings. The van der Waals surface area contributed by atoms with Crippen molar-refractivity contribution in [1.29, 1.82) is 0 Å². The number of aromatic nitrogens is 5. The lowest BCUT2D eigenvalue weighted by Gasteiger charge is -2.19. The Balaban J connectivity index is 2.28. The van der Waals surface area contributed by atoms with Crippen LogP contribution in [0.3, 0.4) is 0 Å². The van der Waals surface area contributed by atoms with E-state index in [1.54, 1.807) is 11.7 Å². The van der Waals surface area contributed by atoms with Gasteiger partial charge in [0.25, 0.3) is 10.0 Å². The van der Waals surface area contributed by atoms with E-state index in [2.05, 4.69) is 24.8 Å². The molecule has 22 heavy (non-hydrogen) atoms. The molecule has 1 atom stereocenters. The number of hydrogen-bond acceptors (Lipinski definition) is 5. The minimum Gasteiger partial charge on any atom is -0.332 e. The number of nitrogens with zero attached hydrogens (tertiary/aromatic N) is 4. The summed E-state index contributed by atoms with van der Waals surface area (Å²) in [5, 5.41) is 4.09. The zero-order chi connectivity index (χ0) is 16.3. The highest BCUT2D eigenvalue weighted by Gasteiger charge is 2.26. The van der Waals surface area contributed by atoms with Gasteiger partial charge in [0.05, 0.1) is 12.2 Å². The first-order chi connectivity index (χ1) is 10.3. The molecule has 0 saturated heterocycles. The van der Waals surface area contributed by atoms with Crippen LogP contribution in [0.5, 0.6) is 0 Å². The number of imidazole rings is 1. The van der Waals surface area contributed by atoms with Crippen molar-refractivity contribution in [2.24, 2.45) is 13.0 Å². The Morgan fingerprint density at radius 1 is 1.36 bits per heavy atom. The first-order valence-corrected chi connectivity index (χ1v) is 8.72. The van der Waals surface area contributed by atoms with Crippen LogP contribution >= 0.6 is 0 Å². The molecule has 2 rings (SSSR count). The molecule has 0 bridgehead atoms. The van der Waals surface area contributed by atoms with Gasteiger partial charge in [0.1, 0.15) is 18.0 Å². The molecule has 0 aliphatic carbocycles. The second kappa shape index (κ2) is 6.57. The number of rotatable bonds is 7. The third-order valence-corrected chi connectivity index (χ3v) is 4.67. The Hall–Kier alpha value is -1.74. The average molecular weight is 326 g/mol. The van der Waals surface area contributed by atoms with Crippen LogP contribution in [0, 0.1) is 5.92 Å². The van der Waals surface area contributed by atoms with Gasteiger partial charge in [0.2, 0.25) is 0 Å². The van der Waals surface area contributed by atoms with Crippen molar-refractivity contribution in [2.75, 3.05) is 0 Å². The lowest BCUT2D eigenvalue weighted by atomic mass is 10.0.